The monoisotopic (exact) mass is 362 g/mol. The van der Waals surface area contributed by atoms with Crippen LogP contribution in [0.5, 0.6) is 0 Å². The van der Waals surface area contributed by atoms with Gasteiger partial charge in [-0.1, -0.05) is 24.3 Å². The number of ketones is 2. The van der Waals surface area contributed by atoms with Crippen molar-refractivity contribution >= 4 is 21.6 Å². The van der Waals surface area contributed by atoms with Crippen molar-refractivity contribution in [1.29, 1.82) is 0 Å². The summed E-state index contributed by atoms with van der Waals surface area (Å²) in [6.45, 7) is 4.53. The van der Waals surface area contributed by atoms with Gasteiger partial charge in [0, 0.05) is 30.3 Å². The Morgan fingerprint density at radius 3 is 2.08 bits per heavy atom. The highest BCUT2D eigenvalue weighted by Gasteiger charge is 2.41. The Labute approximate surface area is 148 Å². The van der Waals surface area contributed by atoms with Gasteiger partial charge in [0.05, 0.1) is 0 Å². The first-order valence-corrected chi connectivity index (χ1v) is 10.0. The molecule has 1 fully saturated rings. The van der Waals surface area contributed by atoms with Crippen molar-refractivity contribution in [2.45, 2.75) is 39.2 Å². The minimum Gasteiger partial charge on any atom is -0.367 e. The van der Waals surface area contributed by atoms with Gasteiger partial charge < -0.3 is 4.90 Å². The first kappa shape index (κ1) is 17.8. The number of carbonyl (C=O) groups excluding carboxylic acids is 2. The lowest BCUT2D eigenvalue weighted by molar-refractivity contribution is 0.0939. The van der Waals surface area contributed by atoms with Gasteiger partial charge in [0.1, 0.15) is 5.70 Å². The van der Waals surface area contributed by atoms with Crippen LogP contribution in [0.3, 0.4) is 0 Å². The number of carbonyl (C=O) groups is 2. The molecule has 0 aromatic heterocycles. The summed E-state index contributed by atoms with van der Waals surface area (Å²) in [7, 11) is -4.09. The van der Waals surface area contributed by atoms with E-state index in [2.05, 4.69) is 4.72 Å². The highest BCUT2D eigenvalue weighted by atomic mass is 32.2. The molecule has 0 unspecified atom stereocenters. The smallest absolute Gasteiger partial charge is 0.246 e. The lowest BCUT2D eigenvalue weighted by atomic mass is 9.91. The van der Waals surface area contributed by atoms with Crippen LogP contribution in [0, 0.1) is 0 Å². The van der Waals surface area contributed by atoms with Crippen LogP contribution in [0.2, 0.25) is 0 Å². The highest BCUT2D eigenvalue weighted by Crippen LogP contribution is 2.32. The maximum Gasteiger partial charge on any atom is 0.246 e. The number of hydrogen-bond acceptors (Lipinski definition) is 5. The lowest BCUT2D eigenvalue weighted by Gasteiger charge is -2.33. The second-order valence-electron chi connectivity index (χ2n) is 6.71. The Balaban J connectivity index is 2.21. The van der Waals surface area contributed by atoms with Gasteiger partial charge in [0.2, 0.25) is 21.6 Å². The molecule has 6 nitrogen and oxygen atoms in total. The quantitative estimate of drug-likeness (QED) is 0.887. The average Bonchev–Trinajstić information content (AvgIpc) is 2.57. The molecule has 25 heavy (non-hydrogen) atoms. The van der Waals surface area contributed by atoms with Crippen molar-refractivity contribution in [1.82, 2.24) is 9.62 Å². The van der Waals surface area contributed by atoms with Gasteiger partial charge in [-0.2, -0.15) is 0 Å². The molecule has 0 atom stereocenters. The first-order chi connectivity index (χ1) is 11.8. The number of piperidine rings is 1. The minimum atomic E-state index is -4.09. The number of Topliss-reactive ketones (excluding diaryl/α,β-unsaturated/α-hetero) is 2. The molecule has 0 spiro atoms. The fraction of sp³-hybridized carbons (Fsp3) is 0.444. The lowest BCUT2D eigenvalue weighted by Crippen LogP contribution is -2.42. The van der Waals surface area contributed by atoms with Crippen LogP contribution in [-0.4, -0.2) is 44.0 Å². The van der Waals surface area contributed by atoms with Crippen LogP contribution in [0.15, 0.2) is 34.9 Å². The average molecular weight is 362 g/mol. The molecule has 134 valence electrons. The van der Waals surface area contributed by atoms with Crippen molar-refractivity contribution in [3.63, 3.8) is 0 Å². The predicted octanol–water partition coefficient (Wildman–Crippen LogP) is 2.09. The standard InChI is InChI=1S/C18H22N2O4S/c1-12(2)19-25(23,24)18-15(20-10-6-3-7-11-20)16(21)13-8-4-5-9-14(13)17(18)22/h4-5,8-9,12,19H,3,6-7,10-11H2,1-2H3. The zero-order valence-electron chi connectivity index (χ0n) is 14.4. The number of allylic oxidation sites excluding steroid dienone is 2. The molecular formula is C18H22N2O4S. The Hall–Kier alpha value is -1.99. The molecule has 0 saturated carbocycles. The van der Waals surface area contributed by atoms with Gasteiger partial charge in [-0.05, 0) is 33.1 Å². The number of nitrogens with one attached hydrogen (secondary N) is 1. The molecule has 0 bridgehead atoms. The van der Waals surface area contributed by atoms with Gasteiger partial charge in [0.25, 0.3) is 0 Å². The van der Waals surface area contributed by atoms with E-state index in [-0.39, 0.29) is 28.6 Å². The van der Waals surface area contributed by atoms with Crippen molar-refractivity contribution in [2.75, 3.05) is 13.1 Å². The van der Waals surface area contributed by atoms with Gasteiger partial charge in [-0.3, -0.25) is 9.59 Å². The fourth-order valence-electron chi connectivity index (χ4n) is 3.36. The van der Waals surface area contributed by atoms with Crippen LogP contribution in [0.1, 0.15) is 53.8 Å². The Bertz CT molecular complexity index is 850. The summed E-state index contributed by atoms with van der Waals surface area (Å²) in [6.07, 6.45) is 2.78. The molecule has 0 radical (unpaired) electrons. The summed E-state index contributed by atoms with van der Waals surface area (Å²) in [4.78, 5) is 27.4. The summed E-state index contributed by atoms with van der Waals surface area (Å²) in [5.41, 5.74) is 0.450. The molecule has 1 aliphatic heterocycles. The van der Waals surface area contributed by atoms with E-state index < -0.39 is 20.7 Å². The van der Waals surface area contributed by atoms with Crippen LogP contribution in [-0.2, 0) is 10.0 Å². The van der Waals surface area contributed by atoms with Crippen LogP contribution >= 0.6 is 0 Å². The van der Waals surface area contributed by atoms with Crippen molar-refractivity contribution in [3.05, 3.63) is 46.0 Å². The molecule has 1 heterocycles. The second-order valence-corrected chi connectivity index (χ2v) is 8.36. The van der Waals surface area contributed by atoms with E-state index in [4.69, 9.17) is 0 Å². The predicted molar refractivity (Wildman–Crippen MR) is 94.7 cm³/mol. The van der Waals surface area contributed by atoms with Crippen molar-refractivity contribution in [3.8, 4) is 0 Å². The number of likely N-dealkylation sites (tertiary alicyclic amines) is 1. The summed E-state index contributed by atoms with van der Waals surface area (Å²) < 4.78 is 28.1. The molecule has 1 aliphatic carbocycles. The Kier molecular flexibility index (Phi) is 4.79. The number of benzene rings is 1. The summed E-state index contributed by atoms with van der Waals surface area (Å²) in [6, 6.07) is 6.03. The van der Waals surface area contributed by atoms with E-state index in [0.29, 0.717) is 13.1 Å². The molecule has 1 aromatic rings. The van der Waals surface area contributed by atoms with E-state index in [1.807, 2.05) is 0 Å². The zero-order valence-corrected chi connectivity index (χ0v) is 15.2. The molecular weight excluding hydrogens is 340 g/mol. The van der Waals surface area contributed by atoms with Gasteiger partial charge in [-0.15, -0.1) is 0 Å². The number of rotatable bonds is 4. The van der Waals surface area contributed by atoms with E-state index in [1.54, 1.807) is 36.9 Å². The van der Waals surface area contributed by atoms with Gasteiger partial charge >= 0.3 is 0 Å². The SMILES string of the molecule is CC(C)NS(=O)(=O)C1=C(N2CCCCC2)C(=O)c2ccccc2C1=O. The Morgan fingerprint density at radius 1 is 0.960 bits per heavy atom. The van der Waals surface area contributed by atoms with Crippen LogP contribution in [0.25, 0.3) is 0 Å². The van der Waals surface area contributed by atoms with Crippen LogP contribution in [0.4, 0.5) is 0 Å². The maximum atomic E-state index is 13.1. The number of fused-ring (bicyclic) bond motifs is 1. The number of nitrogens with zero attached hydrogens (tertiary/aromatic N) is 1. The molecule has 2 aliphatic rings. The fourth-order valence-corrected chi connectivity index (χ4v) is 4.93. The molecule has 1 N–H and O–H groups in total. The molecule has 1 saturated heterocycles. The van der Waals surface area contributed by atoms with Gasteiger partial charge in [-0.25, -0.2) is 13.1 Å². The van der Waals surface area contributed by atoms with Crippen molar-refractivity contribution < 1.29 is 18.0 Å². The van der Waals surface area contributed by atoms with Crippen LogP contribution < -0.4 is 4.72 Å². The number of hydrogen-bond donors (Lipinski definition) is 1. The first-order valence-electron chi connectivity index (χ1n) is 8.53. The largest absolute Gasteiger partial charge is 0.367 e. The Morgan fingerprint density at radius 2 is 1.52 bits per heavy atom. The summed E-state index contributed by atoms with van der Waals surface area (Å²) in [5.74, 6) is -0.995. The molecule has 3 rings (SSSR count). The van der Waals surface area contributed by atoms with Crippen molar-refractivity contribution in [2.24, 2.45) is 0 Å². The topological polar surface area (TPSA) is 83.6 Å². The summed E-state index contributed by atoms with van der Waals surface area (Å²) in [5, 5.41) is 0. The van der Waals surface area contributed by atoms with E-state index >= 15 is 0 Å². The third kappa shape index (κ3) is 3.26. The van der Waals surface area contributed by atoms with Gasteiger partial charge in [0.15, 0.2) is 4.91 Å². The number of sulfonamides is 1. The molecule has 0 amide bonds. The second kappa shape index (κ2) is 6.72. The summed E-state index contributed by atoms with van der Waals surface area (Å²) >= 11 is 0. The maximum absolute atomic E-state index is 13.1. The highest BCUT2D eigenvalue weighted by molar-refractivity contribution is 7.94. The molecule has 7 heteroatoms. The minimum absolute atomic E-state index is 0.0246. The zero-order chi connectivity index (χ0) is 18.2. The normalized spacial score (nSPS) is 18.8. The van der Waals surface area contributed by atoms with E-state index in [0.717, 1.165) is 19.3 Å². The molecule has 1 aromatic carbocycles. The van der Waals surface area contributed by atoms with E-state index in [1.165, 1.54) is 6.07 Å². The van der Waals surface area contributed by atoms with E-state index in [9.17, 15) is 18.0 Å². The third-order valence-corrected chi connectivity index (χ3v) is 6.08. The third-order valence-electron chi connectivity index (χ3n) is 4.38.